The molecule has 2 N–H and O–H groups in total. The van der Waals surface area contributed by atoms with E-state index in [1.165, 1.54) is 6.07 Å². The van der Waals surface area contributed by atoms with Crippen LogP contribution in [0.3, 0.4) is 0 Å². The fourth-order valence-electron chi connectivity index (χ4n) is 2.55. The molecule has 0 saturated carbocycles. The molecule has 0 aliphatic heterocycles. The minimum absolute atomic E-state index is 0.265. The van der Waals surface area contributed by atoms with Gasteiger partial charge in [0, 0.05) is 35.4 Å². The van der Waals surface area contributed by atoms with Crippen LogP contribution in [0.4, 0.5) is 10.1 Å². The maximum Gasteiger partial charge on any atom is 0.341 e. The zero-order valence-electron chi connectivity index (χ0n) is 12.6. The number of alkyl halides is 2. The summed E-state index contributed by atoms with van der Waals surface area (Å²) in [5.74, 6) is -0.833. The van der Waals surface area contributed by atoms with Crippen molar-refractivity contribution in [2.24, 2.45) is 0 Å². The summed E-state index contributed by atoms with van der Waals surface area (Å²) in [6.45, 7) is 0.863. The molecule has 7 nitrogen and oxygen atoms in total. The van der Waals surface area contributed by atoms with E-state index in [4.69, 9.17) is 4.52 Å². The zero-order valence-corrected chi connectivity index (χ0v) is 16.7. The fraction of sp³-hybridized carbons (Fsp3) is 0.538. The molecule has 24 heavy (non-hydrogen) atoms. The van der Waals surface area contributed by atoms with Gasteiger partial charge in [0.1, 0.15) is 0 Å². The van der Waals surface area contributed by atoms with E-state index in [-0.39, 0.29) is 5.56 Å². The molecule has 0 bridgehead atoms. The van der Waals surface area contributed by atoms with Crippen molar-refractivity contribution in [1.29, 1.82) is 0 Å². The predicted octanol–water partition coefficient (Wildman–Crippen LogP) is 3.81. The Hall–Kier alpha value is -0.380. The molecular weight excluding hydrogens is 472 g/mol. The second-order valence-electron chi connectivity index (χ2n) is 5.10. The first-order valence-electron chi connectivity index (χ1n) is 7.28. The molecule has 1 atom stereocenters. The molecular formula is C13H17Br2FN3O4P. The number of nitro benzene ring substituents is 1. The highest BCUT2D eigenvalue weighted by Gasteiger charge is 2.35. The summed E-state index contributed by atoms with van der Waals surface area (Å²) in [6.07, 6.45) is 0.153. The Morgan fingerprint density at radius 2 is 1.96 bits per heavy atom. The van der Waals surface area contributed by atoms with Crippen LogP contribution in [0.25, 0.3) is 0 Å². The summed E-state index contributed by atoms with van der Waals surface area (Å²) >= 11 is 6.50. The van der Waals surface area contributed by atoms with E-state index in [1.807, 2.05) is 0 Å². The summed E-state index contributed by atoms with van der Waals surface area (Å²) < 4.78 is 32.8. The van der Waals surface area contributed by atoms with E-state index >= 15 is 0 Å². The third-order valence-corrected chi connectivity index (χ3v) is 6.19. The zero-order chi connectivity index (χ0) is 17.7. The van der Waals surface area contributed by atoms with Crippen molar-refractivity contribution in [3.05, 3.63) is 39.2 Å². The van der Waals surface area contributed by atoms with E-state index in [9.17, 15) is 19.1 Å². The lowest BCUT2D eigenvalue weighted by molar-refractivity contribution is -0.387. The van der Waals surface area contributed by atoms with Crippen molar-refractivity contribution in [1.82, 2.24) is 10.2 Å². The van der Waals surface area contributed by atoms with Gasteiger partial charge in [-0.25, -0.2) is 10.2 Å². The Morgan fingerprint density at radius 1 is 1.33 bits per heavy atom. The highest BCUT2D eigenvalue weighted by atomic mass is 79.9. The van der Waals surface area contributed by atoms with Gasteiger partial charge in [0.25, 0.3) is 0 Å². The van der Waals surface area contributed by atoms with E-state index in [0.717, 1.165) is 6.07 Å². The first-order chi connectivity index (χ1) is 11.4. The summed E-state index contributed by atoms with van der Waals surface area (Å²) in [5, 5.41) is 17.7. The maximum absolute atomic E-state index is 14.2. The molecule has 1 aliphatic carbocycles. The van der Waals surface area contributed by atoms with Crippen molar-refractivity contribution in [2.75, 3.05) is 23.7 Å². The van der Waals surface area contributed by atoms with Crippen molar-refractivity contribution < 1.29 is 18.4 Å². The van der Waals surface area contributed by atoms with Gasteiger partial charge in [-0.3, -0.25) is 19.2 Å². The minimum atomic E-state index is -3.32. The number of nitrogens with one attached hydrogen (secondary N) is 2. The molecule has 1 aromatic carbocycles. The monoisotopic (exact) mass is 487 g/mol. The number of hydrogen-bond donors (Lipinski definition) is 2. The van der Waals surface area contributed by atoms with Gasteiger partial charge in [0.15, 0.2) is 0 Å². The summed E-state index contributed by atoms with van der Waals surface area (Å²) in [7, 11) is -3.32. The van der Waals surface area contributed by atoms with E-state index in [2.05, 4.69) is 42.0 Å². The van der Waals surface area contributed by atoms with Gasteiger partial charge < -0.3 is 0 Å². The van der Waals surface area contributed by atoms with Gasteiger partial charge >= 0.3 is 13.4 Å². The molecule has 0 heterocycles. The fourth-order valence-corrected chi connectivity index (χ4v) is 5.21. The molecule has 1 aromatic rings. The minimum Gasteiger partial charge on any atom is -0.298 e. The summed E-state index contributed by atoms with van der Waals surface area (Å²) in [4.78, 5) is 10.1. The van der Waals surface area contributed by atoms with Crippen molar-refractivity contribution in [2.45, 2.75) is 18.9 Å². The lowest BCUT2D eigenvalue weighted by atomic mass is 10.1. The molecule has 134 valence electrons. The van der Waals surface area contributed by atoms with Crippen LogP contribution in [-0.4, -0.2) is 28.7 Å². The topological polar surface area (TPSA) is 93.5 Å². The largest absolute Gasteiger partial charge is 0.341 e. The number of halogens is 3. The number of nitro groups is 1. The Labute approximate surface area is 155 Å². The van der Waals surface area contributed by atoms with Crippen LogP contribution >= 0.6 is 39.5 Å². The third-order valence-electron chi connectivity index (χ3n) is 3.56. The van der Waals surface area contributed by atoms with Crippen LogP contribution in [0, 0.1) is 15.9 Å². The lowest BCUT2D eigenvalue weighted by Crippen LogP contribution is -2.27. The quantitative estimate of drug-likeness (QED) is 0.237. The van der Waals surface area contributed by atoms with E-state index < -0.39 is 30.2 Å². The number of hydrogen-bond acceptors (Lipinski definition) is 4. The molecule has 2 rings (SSSR count). The highest BCUT2D eigenvalue weighted by molar-refractivity contribution is 9.09. The predicted molar refractivity (Wildman–Crippen MR) is 96.4 cm³/mol. The number of nitrogens with zero attached hydrogens (tertiary/aromatic N) is 1. The molecule has 0 fully saturated rings. The summed E-state index contributed by atoms with van der Waals surface area (Å²) in [5.41, 5.74) is 0.230. The Balaban J connectivity index is 2.21. The normalized spacial score (nSPS) is 17.0. The van der Waals surface area contributed by atoms with Gasteiger partial charge in [0.05, 0.1) is 11.0 Å². The summed E-state index contributed by atoms with van der Waals surface area (Å²) in [6, 6.07) is 2.60. The molecule has 1 unspecified atom stereocenters. The van der Waals surface area contributed by atoms with Crippen LogP contribution in [0.1, 0.15) is 23.7 Å². The second kappa shape index (κ2) is 8.82. The smallest absolute Gasteiger partial charge is 0.298 e. The number of fused-ring (bicyclic) bond motifs is 1. The maximum atomic E-state index is 14.2. The highest BCUT2D eigenvalue weighted by Crippen LogP contribution is 2.48. The Bertz CT molecular complexity index is 652. The Morgan fingerprint density at radius 3 is 2.50 bits per heavy atom. The molecule has 0 spiro atoms. The van der Waals surface area contributed by atoms with Crippen LogP contribution in [0.15, 0.2) is 12.1 Å². The van der Waals surface area contributed by atoms with Crippen LogP contribution in [0.5, 0.6) is 0 Å². The molecule has 11 heteroatoms. The van der Waals surface area contributed by atoms with Crippen molar-refractivity contribution in [3.63, 3.8) is 0 Å². The van der Waals surface area contributed by atoms with E-state index in [1.54, 1.807) is 0 Å². The molecule has 0 radical (unpaired) electrons. The third kappa shape index (κ3) is 4.62. The van der Waals surface area contributed by atoms with Crippen LogP contribution in [-0.2, 0) is 15.5 Å². The van der Waals surface area contributed by atoms with Gasteiger partial charge in [-0.1, -0.05) is 31.9 Å². The molecule has 0 amide bonds. The van der Waals surface area contributed by atoms with E-state index in [0.29, 0.717) is 42.2 Å². The van der Waals surface area contributed by atoms with Gasteiger partial charge in [-0.15, -0.1) is 0 Å². The molecule has 0 saturated heterocycles. The molecule has 1 aliphatic rings. The van der Waals surface area contributed by atoms with Gasteiger partial charge in [0.2, 0.25) is 5.82 Å². The average Bonchev–Trinajstić information content (AvgIpc) is 2.95. The van der Waals surface area contributed by atoms with Crippen molar-refractivity contribution >= 4 is 45.2 Å². The number of benzene rings is 1. The van der Waals surface area contributed by atoms with Gasteiger partial charge in [-0.2, -0.15) is 4.39 Å². The Kier molecular flexibility index (Phi) is 7.33. The number of rotatable bonds is 9. The second-order valence-corrected chi connectivity index (χ2v) is 8.63. The van der Waals surface area contributed by atoms with Gasteiger partial charge in [-0.05, 0) is 24.5 Å². The standard InChI is InChI=1S/C13H17Br2FN3O4P/c14-5-7-17-24(22,18-8-6-15)23-12-4-2-10-9(12)1-3-11(13(10)16)19(20)21/h1,3,12H,2,4-8H2,(H2,17,18,22). The van der Waals surface area contributed by atoms with Crippen molar-refractivity contribution in [3.8, 4) is 0 Å². The first-order valence-corrected chi connectivity index (χ1v) is 11.1. The lowest BCUT2D eigenvalue weighted by Gasteiger charge is -2.24. The SMILES string of the molecule is O=[N+]([O-])c1ccc2c(c1F)CCC2OP(=O)(NCCBr)NCCBr. The van der Waals surface area contributed by atoms with Crippen LogP contribution in [0.2, 0.25) is 0 Å². The molecule has 0 aromatic heterocycles. The average molecular weight is 489 g/mol. The first kappa shape index (κ1) is 19.9. The van der Waals surface area contributed by atoms with Crippen LogP contribution < -0.4 is 10.2 Å².